The number of carbonyl (C=O) groups is 2. The molecule has 0 bridgehead atoms. The lowest BCUT2D eigenvalue weighted by atomic mass is 10.1. The van der Waals surface area contributed by atoms with Crippen molar-refractivity contribution in [2.24, 2.45) is 5.73 Å². The number of ether oxygens (including phenoxy) is 1. The van der Waals surface area contributed by atoms with Gasteiger partial charge in [-0.15, -0.1) is 6.42 Å². The van der Waals surface area contributed by atoms with Crippen LogP contribution in [0.1, 0.15) is 26.3 Å². The summed E-state index contributed by atoms with van der Waals surface area (Å²) in [5.41, 5.74) is 6.44. The molecule has 0 fully saturated rings. The van der Waals surface area contributed by atoms with Gasteiger partial charge in [0.2, 0.25) is 5.91 Å². The summed E-state index contributed by atoms with van der Waals surface area (Å²) < 4.78 is 5.13. The smallest absolute Gasteiger partial charge is 0.408 e. The molecule has 4 N–H and O–H groups in total. The Kier molecular flexibility index (Phi) is 6.46. The quantitative estimate of drug-likeness (QED) is 0.696. The van der Waals surface area contributed by atoms with E-state index in [1.54, 1.807) is 20.8 Å². The van der Waals surface area contributed by atoms with Crippen molar-refractivity contribution in [1.29, 1.82) is 0 Å². The number of nitrogens with one attached hydrogen (secondary N) is 2. The van der Waals surface area contributed by atoms with Crippen LogP contribution in [-0.2, 0) is 16.0 Å². The summed E-state index contributed by atoms with van der Waals surface area (Å²) in [7, 11) is 0. The van der Waals surface area contributed by atoms with E-state index in [9.17, 15) is 9.59 Å². The molecule has 0 saturated heterocycles. The third kappa shape index (κ3) is 7.23. The van der Waals surface area contributed by atoms with Gasteiger partial charge in [-0.2, -0.15) is 0 Å². The largest absolute Gasteiger partial charge is 0.444 e. The van der Waals surface area contributed by atoms with Gasteiger partial charge in [-0.3, -0.25) is 4.79 Å². The molecule has 0 radical (unpaired) electrons. The van der Waals surface area contributed by atoms with Crippen molar-refractivity contribution in [1.82, 2.24) is 5.32 Å². The highest BCUT2D eigenvalue weighted by Gasteiger charge is 2.22. The zero-order valence-corrected chi connectivity index (χ0v) is 13.7. The molecule has 0 aliphatic carbocycles. The van der Waals surface area contributed by atoms with Crippen LogP contribution in [0.2, 0.25) is 0 Å². The van der Waals surface area contributed by atoms with Crippen molar-refractivity contribution in [2.75, 3.05) is 11.9 Å². The Labute approximate surface area is 136 Å². The second-order valence-corrected chi connectivity index (χ2v) is 6.06. The second-order valence-electron chi connectivity index (χ2n) is 6.06. The third-order valence-electron chi connectivity index (χ3n) is 2.82. The van der Waals surface area contributed by atoms with Crippen molar-refractivity contribution in [3.63, 3.8) is 0 Å². The van der Waals surface area contributed by atoms with E-state index < -0.39 is 23.6 Å². The summed E-state index contributed by atoms with van der Waals surface area (Å²) in [6, 6.07) is 6.53. The molecular weight excluding hydrogens is 294 g/mol. The maximum Gasteiger partial charge on any atom is 0.408 e. The van der Waals surface area contributed by atoms with Crippen LogP contribution in [0.15, 0.2) is 24.3 Å². The number of alkyl carbamates (subject to hydrolysis) is 1. The highest BCUT2D eigenvalue weighted by molar-refractivity contribution is 5.84. The molecular formula is C17H23N3O3. The molecule has 124 valence electrons. The van der Waals surface area contributed by atoms with Crippen LogP contribution < -0.4 is 16.4 Å². The summed E-state index contributed by atoms with van der Waals surface area (Å²) in [4.78, 5) is 23.3. The number of rotatable bonds is 6. The number of terminal acetylenes is 1. The van der Waals surface area contributed by atoms with E-state index in [0.717, 1.165) is 11.3 Å². The highest BCUT2D eigenvalue weighted by atomic mass is 16.6. The second kappa shape index (κ2) is 8.08. The molecule has 0 aromatic heterocycles. The minimum atomic E-state index is -0.839. The molecule has 6 nitrogen and oxygen atoms in total. The Morgan fingerprint density at radius 2 is 1.91 bits per heavy atom. The fourth-order valence-corrected chi connectivity index (χ4v) is 1.82. The first kappa shape index (κ1) is 18.4. The third-order valence-corrected chi connectivity index (χ3v) is 2.82. The summed E-state index contributed by atoms with van der Waals surface area (Å²) >= 11 is 0. The van der Waals surface area contributed by atoms with Crippen LogP contribution >= 0.6 is 0 Å². The van der Waals surface area contributed by atoms with Gasteiger partial charge in [-0.1, -0.05) is 18.1 Å². The van der Waals surface area contributed by atoms with Crippen LogP contribution in [0.5, 0.6) is 0 Å². The molecule has 2 amide bonds. The number of amides is 2. The van der Waals surface area contributed by atoms with Crippen molar-refractivity contribution in [3.05, 3.63) is 29.8 Å². The van der Waals surface area contributed by atoms with Gasteiger partial charge >= 0.3 is 6.09 Å². The SMILES string of the molecule is C#CCNc1ccc(C[C@H](NC(=O)OC(C)(C)C)C(N)=O)cc1. The van der Waals surface area contributed by atoms with E-state index in [0.29, 0.717) is 6.54 Å². The van der Waals surface area contributed by atoms with E-state index in [4.69, 9.17) is 16.9 Å². The number of benzene rings is 1. The van der Waals surface area contributed by atoms with Crippen LogP contribution in [0.4, 0.5) is 10.5 Å². The molecule has 1 aromatic carbocycles. The zero-order chi connectivity index (χ0) is 17.5. The molecule has 0 aliphatic heterocycles. The van der Waals surface area contributed by atoms with Gasteiger partial charge in [-0.05, 0) is 38.5 Å². The molecule has 1 atom stereocenters. The van der Waals surface area contributed by atoms with E-state index in [1.165, 1.54) is 0 Å². The molecule has 0 unspecified atom stereocenters. The molecule has 0 spiro atoms. The fraction of sp³-hybridized carbons (Fsp3) is 0.412. The lowest BCUT2D eigenvalue weighted by Gasteiger charge is -2.22. The minimum absolute atomic E-state index is 0.282. The number of primary amides is 1. The molecule has 1 aromatic rings. The average Bonchev–Trinajstić information content (AvgIpc) is 2.43. The molecule has 0 aliphatic rings. The first-order valence-corrected chi connectivity index (χ1v) is 7.26. The maximum atomic E-state index is 11.8. The van der Waals surface area contributed by atoms with Crippen molar-refractivity contribution in [3.8, 4) is 12.3 Å². The van der Waals surface area contributed by atoms with Gasteiger partial charge < -0.3 is 21.1 Å². The summed E-state index contributed by atoms with van der Waals surface area (Å²) in [6.45, 7) is 5.67. The first-order chi connectivity index (χ1) is 10.7. The standard InChI is InChI=1S/C17H23N3O3/c1-5-10-19-13-8-6-12(7-9-13)11-14(15(18)21)20-16(22)23-17(2,3)4/h1,6-9,14,19H,10-11H2,2-4H3,(H2,18,21)(H,20,22)/t14-/m0/s1. The summed E-state index contributed by atoms with van der Waals surface area (Å²) in [5.74, 6) is 1.86. The monoisotopic (exact) mass is 317 g/mol. The van der Waals surface area contributed by atoms with E-state index in [2.05, 4.69) is 16.6 Å². The summed E-state index contributed by atoms with van der Waals surface area (Å²) in [6.07, 6.45) is 4.79. The Morgan fingerprint density at radius 3 is 2.39 bits per heavy atom. The van der Waals surface area contributed by atoms with Gasteiger partial charge in [0.25, 0.3) is 0 Å². The lowest BCUT2D eigenvalue weighted by molar-refractivity contribution is -0.120. The molecule has 23 heavy (non-hydrogen) atoms. The number of nitrogens with two attached hydrogens (primary N) is 1. The molecule has 1 rings (SSSR count). The van der Waals surface area contributed by atoms with Gasteiger partial charge in [0.15, 0.2) is 0 Å². The minimum Gasteiger partial charge on any atom is -0.444 e. The molecule has 0 saturated carbocycles. The van der Waals surface area contributed by atoms with E-state index in [-0.39, 0.29) is 6.42 Å². The van der Waals surface area contributed by atoms with Gasteiger partial charge in [0.1, 0.15) is 11.6 Å². The Balaban J connectivity index is 2.67. The maximum absolute atomic E-state index is 11.8. The number of hydrogen-bond acceptors (Lipinski definition) is 4. The Bertz CT molecular complexity index is 583. The van der Waals surface area contributed by atoms with Gasteiger partial charge in [0.05, 0.1) is 6.54 Å². The molecule has 0 heterocycles. The predicted octanol–water partition coefficient (Wildman–Crippen LogP) is 1.65. The summed E-state index contributed by atoms with van der Waals surface area (Å²) in [5, 5.41) is 5.53. The van der Waals surface area contributed by atoms with Crippen LogP contribution in [0.3, 0.4) is 0 Å². The van der Waals surface area contributed by atoms with Gasteiger partial charge in [-0.25, -0.2) is 4.79 Å². The van der Waals surface area contributed by atoms with Crippen LogP contribution in [0.25, 0.3) is 0 Å². The first-order valence-electron chi connectivity index (χ1n) is 7.26. The van der Waals surface area contributed by atoms with Crippen molar-refractivity contribution >= 4 is 17.7 Å². The topological polar surface area (TPSA) is 93.4 Å². The van der Waals surface area contributed by atoms with E-state index >= 15 is 0 Å². The normalized spacial score (nSPS) is 11.9. The van der Waals surface area contributed by atoms with Crippen LogP contribution in [-0.4, -0.2) is 30.2 Å². The van der Waals surface area contributed by atoms with Crippen LogP contribution in [0, 0.1) is 12.3 Å². The zero-order valence-electron chi connectivity index (χ0n) is 13.7. The van der Waals surface area contributed by atoms with E-state index in [1.807, 2.05) is 24.3 Å². The Morgan fingerprint density at radius 1 is 1.30 bits per heavy atom. The fourth-order valence-electron chi connectivity index (χ4n) is 1.82. The average molecular weight is 317 g/mol. The number of hydrogen-bond donors (Lipinski definition) is 3. The lowest BCUT2D eigenvalue weighted by Crippen LogP contribution is -2.47. The predicted molar refractivity (Wildman–Crippen MR) is 89.8 cm³/mol. The Hall–Kier alpha value is -2.68. The number of anilines is 1. The number of carbonyl (C=O) groups excluding carboxylic acids is 2. The van der Waals surface area contributed by atoms with Gasteiger partial charge in [0, 0.05) is 12.1 Å². The van der Waals surface area contributed by atoms with Crippen molar-refractivity contribution in [2.45, 2.75) is 38.8 Å². The highest BCUT2D eigenvalue weighted by Crippen LogP contribution is 2.12. The van der Waals surface area contributed by atoms with Crippen molar-refractivity contribution < 1.29 is 14.3 Å². The molecule has 6 heteroatoms.